The number of benzene rings is 3. The fourth-order valence-corrected chi connectivity index (χ4v) is 3.14. The lowest BCUT2D eigenvalue weighted by molar-refractivity contribution is 0.0954. The summed E-state index contributed by atoms with van der Waals surface area (Å²) in [4.78, 5) is 21.1. The molecule has 1 heterocycles. The molecule has 31 heavy (non-hydrogen) atoms. The molecule has 0 aliphatic heterocycles. The summed E-state index contributed by atoms with van der Waals surface area (Å²) in [7, 11) is 0. The number of carbonyl (C=O) groups is 1. The van der Waals surface area contributed by atoms with Crippen LogP contribution in [0.3, 0.4) is 0 Å². The standard InChI is InChI=1S/C25H21FN4O/c26-22-10-4-8-19(14-22)21-16-28-25(29-17-21)30-23-11-5-9-20(15-23)24(31)27-13-12-18-6-2-1-3-7-18/h1-11,14-17H,12-13H2,(H,27,31)(H,28,29,30). The van der Waals surface area contributed by atoms with E-state index in [1.807, 2.05) is 36.4 Å². The quantitative estimate of drug-likeness (QED) is 0.448. The molecule has 0 radical (unpaired) electrons. The normalized spacial score (nSPS) is 10.5. The van der Waals surface area contributed by atoms with Crippen LogP contribution in [-0.2, 0) is 6.42 Å². The zero-order chi connectivity index (χ0) is 21.5. The summed E-state index contributed by atoms with van der Waals surface area (Å²) >= 11 is 0. The molecule has 6 heteroatoms. The van der Waals surface area contributed by atoms with Crippen LogP contribution in [-0.4, -0.2) is 22.4 Å². The monoisotopic (exact) mass is 412 g/mol. The Bertz CT molecular complexity index is 1160. The molecule has 0 saturated heterocycles. The van der Waals surface area contributed by atoms with E-state index in [4.69, 9.17) is 0 Å². The van der Waals surface area contributed by atoms with Gasteiger partial charge in [0.2, 0.25) is 5.95 Å². The topological polar surface area (TPSA) is 66.9 Å². The van der Waals surface area contributed by atoms with Gasteiger partial charge in [-0.25, -0.2) is 14.4 Å². The van der Waals surface area contributed by atoms with Crippen LogP contribution in [0.15, 0.2) is 91.3 Å². The van der Waals surface area contributed by atoms with Crippen molar-refractivity contribution >= 4 is 17.5 Å². The molecular weight excluding hydrogens is 391 g/mol. The number of nitrogens with zero attached hydrogens (tertiary/aromatic N) is 2. The van der Waals surface area contributed by atoms with Crippen molar-refractivity contribution in [3.63, 3.8) is 0 Å². The molecule has 0 saturated carbocycles. The van der Waals surface area contributed by atoms with E-state index in [0.29, 0.717) is 29.3 Å². The first kappa shape index (κ1) is 20.2. The number of carbonyl (C=O) groups excluding carboxylic acids is 1. The highest BCUT2D eigenvalue weighted by molar-refractivity contribution is 5.95. The molecule has 154 valence electrons. The maximum absolute atomic E-state index is 13.4. The second-order valence-electron chi connectivity index (χ2n) is 7.00. The predicted molar refractivity (Wildman–Crippen MR) is 120 cm³/mol. The first-order chi connectivity index (χ1) is 15.2. The largest absolute Gasteiger partial charge is 0.352 e. The van der Waals surface area contributed by atoms with Crippen molar-refractivity contribution in [2.75, 3.05) is 11.9 Å². The van der Waals surface area contributed by atoms with E-state index < -0.39 is 0 Å². The molecular formula is C25H21FN4O. The second kappa shape index (κ2) is 9.63. The highest BCUT2D eigenvalue weighted by Gasteiger charge is 2.07. The molecule has 4 rings (SSSR count). The molecule has 1 aromatic heterocycles. The minimum Gasteiger partial charge on any atom is -0.352 e. The van der Waals surface area contributed by atoms with Crippen LogP contribution in [0.5, 0.6) is 0 Å². The zero-order valence-electron chi connectivity index (χ0n) is 16.8. The molecule has 0 atom stereocenters. The van der Waals surface area contributed by atoms with E-state index in [2.05, 4.69) is 20.6 Å². The Morgan fingerprint density at radius 3 is 2.39 bits per heavy atom. The van der Waals surface area contributed by atoms with Gasteiger partial charge in [0.15, 0.2) is 0 Å². The highest BCUT2D eigenvalue weighted by atomic mass is 19.1. The van der Waals surface area contributed by atoms with Crippen molar-refractivity contribution in [2.24, 2.45) is 0 Å². The van der Waals surface area contributed by atoms with Crippen LogP contribution in [0.2, 0.25) is 0 Å². The predicted octanol–water partition coefficient (Wildman–Crippen LogP) is 5.00. The third kappa shape index (κ3) is 5.51. The van der Waals surface area contributed by atoms with E-state index in [1.54, 1.807) is 42.7 Å². The first-order valence-electron chi connectivity index (χ1n) is 9.94. The smallest absolute Gasteiger partial charge is 0.251 e. The van der Waals surface area contributed by atoms with Gasteiger partial charge in [-0.15, -0.1) is 0 Å². The number of hydrogen-bond acceptors (Lipinski definition) is 4. The Balaban J connectivity index is 1.37. The van der Waals surface area contributed by atoms with Crippen molar-refractivity contribution in [1.82, 2.24) is 15.3 Å². The van der Waals surface area contributed by atoms with Crippen molar-refractivity contribution < 1.29 is 9.18 Å². The lowest BCUT2D eigenvalue weighted by Crippen LogP contribution is -2.25. The molecule has 3 aromatic carbocycles. The minimum atomic E-state index is -0.307. The number of anilines is 2. The van der Waals surface area contributed by atoms with Gasteiger partial charge in [0.25, 0.3) is 5.91 Å². The fraction of sp³-hybridized carbons (Fsp3) is 0.0800. The highest BCUT2D eigenvalue weighted by Crippen LogP contribution is 2.20. The maximum atomic E-state index is 13.4. The molecule has 0 fully saturated rings. The third-order valence-corrected chi connectivity index (χ3v) is 4.73. The Hall–Kier alpha value is -4.06. The van der Waals surface area contributed by atoms with Gasteiger partial charge in [0.05, 0.1) is 0 Å². The van der Waals surface area contributed by atoms with Gasteiger partial charge in [0, 0.05) is 35.8 Å². The molecule has 0 unspecified atom stereocenters. The van der Waals surface area contributed by atoms with E-state index in [9.17, 15) is 9.18 Å². The second-order valence-corrected chi connectivity index (χ2v) is 7.00. The van der Waals surface area contributed by atoms with E-state index in [-0.39, 0.29) is 11.7 Å². The van der Waals surface area contributed by atoms with E-state index in [1.165, 1.54) is 17.7 Å². The van der Waals surface area contributed by atoms with Gasteiger partial charge in [-0.3, -0.25) is 4.79 Å². The molecule has 5 nitrogen and oxygen atoms in total. The summed E-state index contributed by atoms with van der Waals surface area (Å²) in [5.74, 6) is -0.0534. The third-order valence-electron chi connectivity index (χ3n) is 4.73. The lowest BCUT2D eigenvalue weighted by Gasteiger charge is -2.09. The Labute approximate surface area is 180 Å². The molecule has 0 aliphatic rings. The van der Waals surface area contributed by atoms with Crippen LogP contribution in [0.1, 0.15) is 15.9 Å². The molecule has 2 N–H and O–H groups in total. The fourth-order valence-electron chi connectivity index (χ4n) is 3.14. The van der Waals surface area contributed by atoms with Crippen LogP contribution in [0.25, 0.3) is 11.1 Å². The van der Waals surface area contributed by atoms with E-state index >= 15 is 0 Å². The van der Waals surface area contributed by atoms with Crippen LogP contribution >= 0.6 is 0 Å². The number of hydrogen-bond donors (Lipinski definition) is 2. The maximum Gasteiger partial charge on any atom is 0.251 e. The van der Waals surface area contributed by atoms with Gasteiger partial charge in [0.1, 0.15) is 5.82 Å². The van der Waals surface area contributed by atoms with Crippen molar-refractivity contribution in [1.29, 1.82) is 0 Å². The molecule has 0 spiro atoms. The Morgan fingerprint density at radius 2 is 1.61 bits per heavy atom. The number of amides is 1. The Kier molecular flexibility index (Phi) is 6.28. The number of nitrogens with one attached hydrogen (secondary N) is 2. The average Bonchev–Trinajstić information content (AvgIpc) is 2.80. The van der Waals surface area contributed by atoms with Crippen molar-refractivity contribution in [3.8, 4) is 11.1 Å². The molecule has 4 aromatic rings. The van der Waals surface area contributed by atoms with Gasteiger partial charge in [-0.1, -0.05) is 48.5 Å². The van der Waals surface area contributed by atoms with Gasteiger partial charge in [-0.05, 0) is 47.9 Å². The van der Waals surface area contributed by atoms with Crippen LogP contribution in [0, 0.1) is 5.82 Å². The van der Waals surface area contributed by atoms with Crippen LogP contribution < -0.4 is 10.6 Å². The molecule has 0 aliphatic carbocycles. The van der Waals surface area contributed by atoms with Crippen molar-refractivity contribution in [3.05, 3.63) is 108 Å². The van der Waals surface area contributed by atoms with Gasteiger partial charge < -0.3 is 10.6 Å². The number of halogens is 1. The zero-order valence-corrected chi connectivity index (χ0v) is 16.8. The molecule has 1 amide bonds. The lowest BCUT2D eigenvalue weighted by atomic mass is 10.1. The Morgan fingerprint density at radius 1 is 0.839 bits per heavy atom. The summed E-state index contributed by atoms with van der Waals surface area (Å²) in [6, 6.07) is 23.4. The summed E-state index contributed by atoms with van der Waals surface area (Å²) in [5.41, 5.74) is 3.86. The van der Waals surface area contributed by atoms with Crippen molar-refractivity contribution in [2.45, 2.75) is 6.42 Å². The van der Waals surface area contributed by atoms with Gasteiger partial charge in [-0.2, -0.15) is 0 Å². The first-order valence-corrected chi connectivity index (χ1v) is 9.94. The average molecular weight is 412 g/mol. The SMILES string of the molecule is O=C(NCCc1ccccc1)c1cccc(Nc2ncc(-c3cccc(F)c3)cn2)c1. The van der Waals surface area contributed by atoms with Crippen LogP contribution in [0.4, 0.5) is 16.0 Å². The number of aromatic nitrogens is 2. The molecule has 0 bridgehead atoms. The summed E-state index contributed by atoms with van der Waals surface area (Å²) in [6.45, 7) is 0.561. The summed E-state index contributed by atoms with van der Waals surface area (Å²) < 4.78 is 13.4. The van der Waals surface area contributed by atoms with E-state index in [0.717, 1.165) is 12.0 Å². The van der Waals surface area contributed by atoms with Gasteiger partial charge >= 0.3 is 0 Å². The minimum absolute atomic E-state index is 0.137. The number of rotatable bonds is 7. The summed E-state index contributed by atoms with van der Waals surface area (Å²) in [6.07, 6.45) is 4.03. The summed E-state index contributed by atoms with van der Waals surface area (Å²) in [5, 5.41) is 6.03.